The summed E-state index contributed by atoms with van der Waals surface area (Å²) >= 11 is 0. The molecule has 1 aromatic carbocycles. The van der Waals surface area contributed by atoms with Gasteiger partial charge in [0.25, 0.3) is 10.0 Å². The van der Waals surface area contributed by atoms with Crippen LogP contribution in [0.3, 0.4) is 0 Å². The van der Waals surface area contributed by atoms with Gasteiger partial charge in [0, 0.05) is 6.21 Å². The number of nitrogens with zero attached hydrogens (tertiary/aromatic N) is 1. The van der Waals surface area contributed by atoms with Crippen LogP contribution in [0.25, 0.3) is 0 Å². The van der Waals surface area contributed by atoms with Crippen LogP contribution in [0.4, 0.5) is 0 Å². The third kappa shape index (κ3) is 4.14. The van der Waals surface area contributed by atoms with Crippen molar-refractivity contribution in [2.45, 2.75) is 38.0 Å². The highest BCUT2D eigenvalue weighted by atomic mass is 32.2. The van der Waals surface area contributed by atoms with Crippen molar-refractivity contribution in [3.05, 3.63) is 53.6 Å². The second kappa shape index (κ2) is 6.39. The van der Waals surface area contributed by atoms with Crippen molar-refractivity contribution < 1.29 is 8.42 Å². The average Bonchev–Trinajstić information content (AvgIpc) is 2.46. The number of rotatable bonds is 4. The molecule has 0 aliphatic heterocycles. The minimum absolute atomic E-state index is 0.237. The molecule has 1 aliphatic carbocycles. The Balaban J connectivity index is 2.10. The molecular weight excluding hydrogens is 282 g/mol. The molecule has 0 bridgehead atoms. The third-order valence-corrected chi connectivity index (χ3v) is 5.07. The van der Waals surface area contributed by atoms with E-state index in [1.165, 1.54) is 11.8 Å². The Bertz CT molecular complexity index is 682. The average molecular weight is 303 g/mol. The van der Waals surface area contributed by atoms with Crippen molar-refractivity contribution in [3.8, 4) is 0 Å². The molecule has 0 spiro atoms. The van der Waals surface area contributed by atoms with Gasteiger partial charge in [-0.05, 0) is 56.7 Å². The van der Waals surface area contributed by atoms with Crippen molar-refractivity contribution >= 4 is 16.2 Å². The standard InChI is InChI=1S/C17H21NO2S/c1-13(2)16-8-6-15(7-9-16)12-18-21(19,20)17-10-4-14(3)5-11-17/h4-6,10-12,16H,1,7-9H2,2-3H3/b18-12+/t16-/m0/s1. The second-order valence-electron chi connectivity index (χ2n) is 5.62. The second-order valence-corrected chi connectivity index (χ2v) is 7.25. The molecule has 0 unspecified atom stereocenters. The van der Waals surface area contributed by atoms with E-state index in [4.69, 9.17) is 0 Å². The monoisotopic (exact) mass is 303 g/mol. The van der Waals surface area contributed by atoms with Crippen molar-refractivity contribution in [1.82, 2.24) is 0 Å². The summed E-state index contributed by atoms with van der Waals surface area (Å²) < 4.78 is 28.0. The highest BCUT2D eigenvalue weighted by Crippen LogP contribution is 2.27. The van der Waals surface area contributed by atoms with E-state index >= 15 is 0 Å². The van der Waals surface area contributed by atoms with E-state index < -0.39 is 10.0 Å². The number of benzene rings is 1. The quantitative estimate of drug-likeness (QED) is 0.622. The van der Waals surface area contributed by atoms with Gasteiger partial charge in [0.1, 0.15) is 0 Å². The molecule has 21 heavy (non-hydrogen) atoms. The molecule has 0 fully saturated rings. The Hall–Kier alpha value is -1.68. The van der Waals surface area contributed by atoms with Gasteiger partial charge in [0.05, 0.1) is 4.90 Å². The van der Waals surface area contributed by atoms with E-state index in [-0.39, 0.29) is 4.90 Å². The first-order chi connectivity index (χ1) is 9.88. The van der Waals surface area contributed by atoms with Gasteiger partial charge in [-0.25, -0.2) is 0 Å². The van der Waals surface area contributed by atoms with Gasteiger partial charge in [-0.2, -0.15) is 12.8 Å². The minimum Gasteiger partial charge on any atom is -0.199 e. The van der Waals surface area contributed by atoms with Crippen LogP contribution < -0.4 is 0 Å². The maximum Gasteiger partial charge on any atom is 0.282 e. The SMILES string of the molecule is C=C(C)[C@H]1CC=C(/C=N/S(=O)(=O)c2ccc(C)cc2)CC1. The van der Waals surface area contributed by atoms with E-state index in [0.717, 1.165) is 30.4 Å². The van der Waals surface area contributed by atoms with Gasteiger partial charge in [-0.15, -0.1) is 0 Å². The van der Waals surface area contributed by atoms with Crippen LogP contribution in [0.15, 0.2) is 57.4 Å². The minimum atomic E-state index is -3.60. The zero-order chi connectivity index (χ0) is 15.5. The Labute approximate surface area is 127 Å². The summed E-state index contributed by atoms with van der Waals surface area (Å²) in [5, 5.41) is 0. The van der Waals surface area contributed by atoms with E-state index in [9.17, 15) is 8.42 Å². The lowest BCUT2D eigenvalue weighted by atomic mass is 9.86. The largest absolute Gasteiger partial charge is 0.282 e. The van der Waals surface area contributed by atoms with Crippen LogP contribution in [-0.4, -0.2) is 14.6 Å². The maximum atomic E-state index is 12.1. The van der Waals surface area contributed by atoms with Gasteiger partial charge in [-0.1, -0.05) is 35.9 Å². The van der Waals surface area contributed by atoms with Crippen molar-refractivity contribution in [2.24, 2.45) is 10.3 Å². The highest BCUT2D eigenvalue weighted by Gasteiger charge is 2.15. The van der Waals surface area contributed by atoms with Crippen molar-refractivity contribution in [2.75, 3.05) is 0 Å². The summed E-state index contributed by atoms with van der Waals surface area (Å²) in [5.74, 6) is 0.510. The van der Waals surface area contributed by atoms with Crippen LogP contribution in [0.2, 0.25) is 0 Å². The lowest BCUT2D eigenvalue weighted by Crippen LogP contribution is -2.07. The molecule has 0 radical (unpaired) electrons. The first kappa shape index (κ1) is 15.7. The summed E-state index contributed by atoms with van der Waals surface area (Å²) in [6, 6.07) is 6.74. The summed E-state index contributed by atoms with van der Waals surface area (Å²) in [4.78, 5) is 0.237. The zero-order valence-electron chi connectivity index (χ0n) is 12.5. The smallest absolute Gasteiger partial charge is 0.199 e. The van der Waals surface area contributed by atoms with Crippen LogP contribution in [0.5, 0.6) is 0 Å². The fourth-order valence-electron chi connectivity index (χ4n) is 2.33. The molecule has 0 amide bonds. The molecule has 112 valence electrons. The molecule has 0 saturated carbocycles. The molecule has 1 atom stereocenters. The lowest BCUT2D eigenvalue weighted by Gasteiger charge is -2.20. The third-order valence-electron chi connectivity index (χ3n) is 3.82. The van der Waals surface area contributed by atoms with Crippen molar-refractivity contribution in [3.63, 3.8) is 0 Å². The predicted molar refractivity (Wildman–Crippen MR) is 87.1 cm³/mol. The Morgan fingerprint density at radius 3 is 2.52 bits per heavy atom. The van der Waals surface area contributed by atoms with Gasteiger partial charge in [0.15, 0.2) is 0 Å². The summed E-state index contributed by atoms with van der Waals surface area (Å²) in [6.07, 6.45) is 6.34. The highest BCUT2D eigenvalue weighted by molar-refractivity contribution is 7.90. The Kier molecular flexibility index (Phi) is 4.78. The fourth-order valence-corrected chi connectivity index (χ4v) is 3.20. The van der Waals surface area contributed by atoms with Crippen LogP contribution >= 0.6 is 0 Å². The van der Waals surface area contributed by atoms with Crippen molar-refractivity contribution in [1.29, 1.82) is 0 Å². The number of hydrogen-bond donors (Lipinski definition) is 0. The zero-order valence-corrected chi connectivity index (χ0v) is 13.4. The molecule has 1 aliphatic rings. The van der Waals surface area contributed by atoms with E-state index in [0.29, 0.717) is 5.92 Å². The summed E-state index contributed by atoms with van der Waals surface area (Å²) in [7, 11) is -3.60. The van der Waals surface area contributed by atoms with Gasteiger partial charge in [0.2, 0.25) is 0 Å². The van der Waals surface area contributed by atoms with E-state index in [1.807, 2.05) is 13.8 Å². The van der Waals surface area contributed by atoms with Gasteiger partial charge in [-0.3, -0.25) is 0 Å². The molecule has 0 saturated heterocycles. The maximum absolute atomic E-state index is 12.1. The Morgan fingerprint density at radius 1 is 1.33 bits per heavy atom. The number of allylic oxidation sites excluding steroid dienone is 3. The van der Waals surface area contributed by atoms with Gasteiger partial charge >= 0.3 is 0 Å². The first-order valence-corrected chi connectivity index (χ1v) is 8.54. The molecular formula is C17H21NO2S. The van der Waals surface area contributed by atoms with E-state index in [2.05, 4.69) is 17.1 Å². The van der Waals surface area contributed by atoms with Crippen LogP contribution in [0.1, 0.15) is 31.7 Å². The number of sulfonamides is 1. The van der Waals surface area contributed by atoms with Gasteiger partial charge < -0.3 is 0 Å². The molecule has 2 rings (SSSR count). The Morgan fingerprint density at radius 2 is 2.00 bits per heavy atom. The van der Waals surface area contributed by atoms with Crippen LogP contribution in [-0.2, 0) is 10.0 Å². The fraction of sp³-hybridized carbons (Fsp3) is 0.353. The lowest BCUT2D eigenvalue weighted by molar-refractivity contribution is 0.548. The van der Waals surface area contributed by atoms with E-state index in [1.54, 1.807) is 24.3 Å². The number of hydrogen-bond acceptors (Lipinski definition) is 2. The molecule has 1 aromatic rings. The summed E-state index contributed by atoms with van der Waals surface area (Å²) in [5.41, 5.74) is 3.21. The first-order valence-electron chi connectivity index (χ1n) is 7.10. The number of aryl methyl sites for hydroxylation is 1. The topological polar surface area (TPSA) is 46.5 Å². The molecule has 0 heterocycles. The van der Waals surface area contributed by atoms with Crippen LogP contribution in [0, 0.1) is 12.8 Å². The normalized spacial score (nSPS) is 19.5. The molecule has 0 N–H and O–H groups in total. The molecule has 3 nitrogen and oxygen atoms in total. The molecule has 0 aromatic heterocycles. The predicted octanol–water partition coefficient (Wildman–Crippen LogP) is 4.06. The molecule has 4 heteroatoms. The summed E-state index contributed by atoms with van der Waals surface area (Å²) in [6.45, 7) is 7.94.